The van der Waals surface area contributed by atoms with Crippen molar-refractivity contribution in [1.29, 1.82) is 0 Å². The van der Waals surface area contributed by atoms with Crippen LogP contribution in [0.25, 0.3) is 0 Å². The second kappa shape index (κ2) is 9.12. The van der Waals surface area contributed by atoms with E-state index in [1.54, 1.807) is 13.8 Å². The third kappa shape index (κ3) is 5.82. The van der Waals surface area contributed by atoms with Gasteiger partial charge in [0.05, 0.1) is 24.8 Å². The van der Waals surface area contributed by atoms with E-state index in [0.717, 1.165) is 0 Å². The minimum Gasteiger partial charge on any atom is -0.493 e. The van der Waals surface area contributed by atoms with Crippen LogP contribution in [0.15, 0.2) is 12.1 Å². The van der Waals surface area contributed by atoms with E-state index in [0.29, 0.717) is 0 Å². The molecule has 0 aliphatic carbocycles. The smallest absolute Gasteiger partial charge is 0.339 e. The number of ether oxygens (including phenoxy) is 3. The Bertz CT molecular complexity index is 662. The maximum atomic E-state index is 12.2. The van der Waals surface area contributed by atoms with Gasteiger partial charge in [0, 0.05) is 6.04 Å². The number of halogens is 1. The molecule has 1 aromatic carbocycles. The summed E-state index contributed by atoms with van der Waals surface area (Å²) in [5.74, 6) is -1.03. The number of rotatable bonds is 6. The number of carbonyl (C=O) groups is 3. The van der Waals surface area contributed by atoms with Gasteiger partial charge in [0.25, 0.3) is 5.91 Å². The molecule has 0 aliphatic rings. The molecule has 0 bridgehead atoms. The number of esters is 1. The molecule has 0 fully saturated rings. The lowest BCUT2D eigenvalue weighted by Crippen LogP contribution is -2.46. The largest absolute Gasteiger partial charge is 0.493 e. The van der Waals surface area contributed by atoms with Gasteiger partial charge in [-0.1, -0.05) is 11.6 Å². The third-order valence-corrected chi connectivity index (χ3v) is 3.26. The van der Waals surface area contributed by atoms with Crippen molar-refractivity contribution in [1.82, 2.24) is 10.6 Å². The van der Waals surface area contributed by atoms with Gasteiger partial charge in [0.1, 0.15) is 0 Å². The SMILES string of the molecule is COc1cc(C(=O)O[C@H](C)C(=O)NC(=O)NC(C)C)cc(Cl)c1OC. The highest BCUT2D eigenvalue weighted by Gasteiger charge is 2.23. The van der Waals surface area contributed by atoms with E-state index in [1.165, 1.54) is 33.3 Å². The molecule has 0 unspecified atom stereocenters. The van der Waals surface area contributed by atoms with Gasteiger partial charge in [0.15, 0.2) is 17.6 Å². The topological polar surface area (TPSA) is 103 Å². The molecule has 0 heterocycles. The first-order chi connectivity index (χ1) is 11.7. The number of carbonyl (C=O) groups excluding carboxylic acids is 3. The Kier molecular flexibility index (Phi) is 7.50. The summed E-state index contributed by atoms with van der Waals surface area (Å²) < 4.78 is 15.2. The maximum absolute atomic E-state index is 12.2. The van der Waals surface area contributed by atoms with Gasteiger partial charge < -0.3 is 19.5 Å². The van der Waals surface area contributed by atoms with E-state index in [2.05, 4.69) is 10.6 Å². The summed E-state index contributed by atoms with van der Waals surface area (Å²) in [5.41, 5.74) is 0.0777. The average molecular weight is 373 g/mol. The van der Waals surface area contributed by atoms with Crippen LogP contribution in [-0.4, -0.2) is 44.3 Å². The summed E-state index contributed by atoms with van der Waals surface area (Å²) in [6, 6.07) is 1.90. The van der Waals surface area contributed by atoms with Gasteiger partial charge in [-0.05, 0) is 32.9 Å². The first kappa shape index (κ1) is 20.6. The van der Waals surface area contributed by atoms with Crippen molar-refractivity contribution >= 4 is 29.5 Å². The van der Waals surface area contributed by atoms with Crippen LogP contribution in [0.1, 0.15) is 31.1 Å². The fourth-order valence-electron chi connectivity index (χ4n) is 1.83. The minimum atomic E-state index is -1.18. The number of hydrogen-bond donors (Lipinski definition) is 2. The van der Waals surface area contributed by atoms with Crippen molar-refractivity contribution in [3.8, 4) is 11.5 Å². The predicted molar refractivity (Wildman–Crippen MR) is 91.2 cm³/mol. The number of methoxy groups -OCH3 is 2. The predicted octanol–water partition coefficient (Wildman–Crippen LogP) is 2.14. The summed E-state index contributed by atoms with van der Waals surface area (Å²) in [6.45, 7) is 4.83. The normalized spacial score (nSPS) is 11.5. The van der Waals surface area contributed by atoms with Gasteiger partial charge in [-0.3, -0.25) is 10.1 Å². The lowest BCUT2D eigenvalue weighted by atomic mass is 10.2. The van der Waals surface area contributed by atoms with E-state index in [-0.39, 0.29) is 28.1 Å². The van der Waals surface area contributed by atoms with Gasteiger partial charge in [-0.25, -0.2) is 9.59 Å². The molecule has 1 aromatic rings. The number of nitrogens with one attached hydrogen (secondary N) is 2. The molecule has 1 atom stereocenters. The molecule has 0 radical (unpaired) electrons. The highest BCUT2D eigenvalue weighted by molar-refractivity contribution is 6.32. The van der Waals surface area contributed by atoms with Crippen molar-refractivity contribution in [2.45, 2.75) is 32.9 Å². The number of imide groups is 1. The van der Waals surface area contributed by atoms with Crippen LogP contribution in [0.3, 0.4) is 0 Å². The Morgan fingerprint density at radius 2 is 1.72 bits per heavy atom. The summed E-state index contributed by atoms with van der Waals surface area (Å²) in [6.07, 6.45) is -1.18. The van der Waals surface area contributed by atoms with Gasteiger partial charge in [-0.15, -0.1) is 0 Å². The van der Waals surface area contributed by atoms with Crippen molar-refractivity contribution in [2.24, 2.45) is 0 Å². The summed E-state index contributed by atoms with van der Waals surface area (Å²) in [7, 11) is 2.81. The van der Waals surface area contributed by atoms with Gasteiger partial charge >= 0.3 is 12.0 Å². The Hall–Kier alpha value is -2.48. The van der Waals surface area contributed by atoms with Crippen LogP contribution in [0.2, 0.25) is 5.02 Å². The first-order valence-corrected chi connectivity index (χ1v) is 7.81. The molecule has 1 rings (SSSR count). The van der Waals surface area contributed by atoms with Crippen LogP contribution in [0.5, 0.6) is 11.5 Å². The molecule has 3 amide bonds. The molecule has 0 saturated heterocycles. The fraction of sp³-hybridized carbons (Fsp3) is 0.438. The third-order valence-electron chi connectivity index (χ3n) is 2.98. The lowest BCUT2D eigenvalue weighted by Gasteiger charge is -2.15. The highest BCUT2D eigenvalue weighted by Crippen LogP contribution is 2.36. The molecule has 9 heteroatoms. The molecular formula is C16H21ClN2O6. The van der Waals surface area contributed by atoms with Crippen LogP contribution in [0.4, 0.5) is 4.79 Å². The monoisotopic (exact) mass is 372 g/mol. The molecule has 8 nitrogen and oxygen atoms in total. The zero-order valence-electron chi connectivity index (χ0n) is 14.6. The van der Waals surface area contributed by atoms with Gasteiger partial charge in [0.2, 0.25) is 0 Å². The first-order valence-electron chi connectivity index (χ1n) is 7.43. The second-order valence-electron chi connectivity index (χ2n) is 5.36. The highest BCUT2D eigenvalue weighted by atomic mass is 35.5. The molecule has 25 heavy (non-hydrogen) atoms. The lowest BCUT2D eigenvalue weighted by molar-refractivity contribution is -0.127. The van der Waals surface area contributed by atoms with Crippen LogP contribution >= 0.6 is 11.6 Å². The number of benzene rings is 1. The van der Waals surface area contributed by atoms with Crippen molar-refractivity contribution < 1.29 is 28.6 Å². The molecule has 0 spiro atoms. The van der Waals surface area contributed by atoms with Crippen LogP contribution < -0.4 is 20.1 Å². The second-order valence-corrected chi connectivity index (χ2v) is 5.77. The molecule has 0 aromatic heterocycles. The van der Waals surface area contributed by atoms with Crippen molar-refractivity contribution in [3.05, 3.63) is 22.7 Å². The standard InChI is InChI=1S/C16H21ClN2O6/c1-8(2)18-16(22)19-14(20)9(3)25-15(21)10-6-11(17)13(24-5)12(7-10)23-4/h6-9H,1-5H3,(H2,18,19,20,22)/t9-/m1/s1. The minimum absolute atomic E-state index is 0.0777. The fourth-order valence-corrected chi connectivity index (χ4v) is 2.12. The Labute approximate surface area is 150 Å². The van der Waals surface area contributed by atoms with E-state index in [1.807, 2.05) is 0 Å². The average Bonchev–Trinajstić information content (AvgIpc) is 2.52. The number of urea groups is 1. The molecule has 0 aliphatic heterocycles. The number of hydrogen-bond acceptors (Lipinski definition) is 6. The Morgan fingerprint density at radius 3 is 2.24 bits per heavy atom. The Balaban J connectivity index is 2.80. The zero-order chi connectivity index (χ0) is 19.1. The van der Waals surface area contributed by atoms with Crippen molar-refractivity contribution in [3.63, 3.8) is 0 Å². The molecule has 138 valence electrons. The molecule has 0 saturated carbocycles. The van der Waals surface area contributed by atoms with E-state index in [4.69, 9.17) is 25.8 Å². The van der Waals surface area contributed by atoms with E-state index >= 15 is 0 Å². The molecular weight excluding hydrogens is 352 g/mol. The van der Waals surface area contributed by atoms with Crippen molar-refractivity contribution in [2.75, 3.05) is 14.2 Å². The van der Waals surface area contributed by atoms with Crippen LogP contribution in [0, 0.1) is 0 Å². The summed E-state index contributed by atoms with van der Waals surface area (Å²) >= 11 is 6.03. The summed E-state index contributed by atoms with van der Waals surface area (Å²) in [4.78, 5) is 35.5. The number of amides is 3. The molecule has 2 N–H and O–H groups in total. The van der Waals surface area contributed by atoms with Crippen LogP contribution in [-0.2, 0) is 9.53 Å². The quantitative estimate of drug-likeness (QED) is 0.741. The van der Waals surface area contributed by atoms with E-state index < -0.39 is 24.0 Å². The Morgan fingerprint density at radius 1 is 1.08 bits per heavy atom. The van der Waals surface area contributed by atoms with E-state index in [9.17, 15) is 14.4 Å². The maximum Gasteiger partial charge on any atom is 0.339 e. The summed E-state index contributed by atoms with van der Waals surface area (Å²) in [5, 5.41) is 4.73. The zero-order valence-corrected chi connectivity index (χ0v) is 15.4. The van der Waals surface area contributed by atoms with Gasteiger partial charge in [-0.2, -0.15) is 0 Å².